The average Bonchev–Trinajstić information content (AvgIpc) is 3.23. The molecule has 7 nitrogen and oxygen atoms in total. The Morgan fingerprint density at radius 3 is 2.46 bits per heavy atom. The number of hydrogen-bond donors (Lipinski definition) is 1. The van der Waals surface area contributed by atoms with Gasteiger partial charge in [-0.1, -0.05) is 12.1 Å². The monoisotopic (exact) mass is 384 g/mol. The fourth-order valence-electron chi connectivity index (χ4n) is 2.95. The van der Waals surface area contributed by atoms with Crippen LogP contribution >= 0.6 is 0 Å². The lowest BCUT2D eigenvalue weighted by Gasteiger charge is -2.25. The third-order valence-corrected chi connectivity index (χ3v) is 4.55. The molecule has 0 bridgehead atoms. The van der Waals surface area contributed by atoms with E-state index in [4.69, 9.17) is 0 Å². The first kappa shape index (κ1) is 21.5. The normalized spacial score (nSPS) is 11.4. The fourth-order valence-corrected chi connectivity index (χ4v) is 2.95. The molecule has 1 heterocycles. The van der Waals surface area contributed by atoms with Crippen molar-refractivity contribution in [1.29, 1.82) is 0 Å². The van der Waals surface area contributed by atoms with Crippen molar-refractivity contribution in [3.63, 3.8) is 0 Å². The van der Waals surface area contributed by atoms with Gasteiger partial charge in [-0.25, -0.2) is 4.68 Å². The van der Waals surface area contributed by atoms with E-state index in [0.29, 0.717) is 13.1 Å². The molecule has 1 amide bonds. The molecule has 0 saturated heterocycles. The minimum atomic E-state index is 0.118. The summed E-state index contributed by atoms with van der Waals surface area (Å²) in [7, 11) is 1.90. The number of carbonyl (C=O) groups excluding carboxylic acids is 1. The van der Waals surface area contributed by atoms with E-state index in [1.807, 2.05) is 54.6 Å². The molecule has 0 atom stereocenters. The van der Waals surface area contributed by atoms with E-state index in [0.717, 1.165) is 37.7 Å². The summed E-state index contributed by atoms with van der Waals surface area (Å²) in [5, 5.41) is 7.51. The van der Waals surface area contributed by atoms with E-state index < -0.39 is 0 Å². The molecule has 1 aromatic carbocycles. The molecule has 0 aliphatic heterocycles. The van der Waals surface area contributed by atoms with Gasteiger partial charge in [-0.15, -0.1) is 0 Å². The number of guanidine groups is 1. The molecule has 28 heavy (non-hydrogen) atoms. The lowest BCUT2D eigenvalue weighted by atomic mass is 10.1. The maximum atomic E-state index is 12.3. The summed E-state index contributed by atoms with van der Waals surface area (Å²) >= 11 is 0. The Kier molecular flexibility index (Phi) is 8.52. The highest BCUT2D eigenvalue weighted by molar-refractivity contribution is 5.86. The molecule has 7 heteroatoms. The average molecular weight is 385 g/mol. The summed E-state index contributed by atoms with van der Waals surface area (Å²) in [6.07, 6.45) is 4.54. The Morgan fingerprint density at radius 2 is 1.89 bits per heavy atom. The molecule has 0 unspecified atom stereocenters. The zero-order valence-electron chi connectivity index (χ0n) is 17.4. The van der Waals surface area contributed by atoms with Crippen LogP contribution in [0.25, 0.3) is 5.69 Å². The summed E-state index contributed by atoms with van der Waals surface area (Å²) < 4.78 is 1.84. The first-order chi connectivity index (χ1) is 13.6. The van der Waals surface area contributed by atoms with E-state index >= 15 is 0 Å². The number of nitrogens with zero attached hydrogens (tertiary/aromatic N) is 5. The van der Waals surface area contributed by atoms with Crippen LogP contribution in [-0.4, -0.2) is 71.2 Å². The van der Waals surface area contributed by atoms with E-state index in [9.17, 15) is 4.79 Å². The lowest BCUT2D eigenvalue weighted by molar-refractivity contribution is -0.131. The molecule has 2 rings (SSSR count). The van der Waals surface area contributed by atoms with Crippen molar-refractivity contribution in [3.05, 3.63) is 48.3 Å². The Morgan fingerprint density at radius 1 is 1.18 bits per heavy atom. The van der Waals surface area contributed by atoms with Gasteiger partial charge in [0.2, 0.25) is 5.91 Å². The topological polar surface area (TPSA) is 65.8 Å². The maximum absolute atomic E-state index is 12.3. The molecular weight excluding hydrogens is 352 g/mol. The van der Waals surface area contributed by atoms with Crippen molar-refractivity contribution < 1.29 is 4.79 Å². The van der Waals surface area contributed by atoms with Crippen LogP contribution in [0.1, 0.15) is 26.3 Å². The van der Waals surface area contributed by atoms with Crippen LogP contribution in [0, 0.1) is 0 Å². The first-order valence-electron chi connectivity index (χ1n) is 9.95. The molecule has 152 valence electrons. The summed E-state index contributed by atoms with van der Waals surface area (Å²) in [5.41, 5.74) is 2.26. The van der Waals surface area contributed by atoms with Crippen molar-refractivity contribution in [2.75, 3.05) is 39.8 Å². The second kappa shape index (κ2) is 11.1. The first-order valence-corrected chi connectivity index (χ1v) is 9.95. The van der Waals surface area contributed by atoms with E-state index in [2.05, 4.69) is 39.7 Å². The van der Waals surface area contributed by atoms with Gasteiger partial charge in [-0.05, 0) is 51.0 Å². The smallest absolute Gasteiger partial charge is 0.242 e. The van der Waals surface area contributed by atoms with Gasteiger partial charge in [-0.2, -0.15) is 5.10 Å². The lowest BCUT2D eigenvalue weighted by Crippen LogP contribution is -2.45. The number of aliphatic imine (C=N–C) groups is 1. The highest BCUT2D eigenvalue weighted by atomic mass is 16.2. The van der Waals surface area contributed by atoms with Gasteiger partial charge in [0, 0.05) is 45.6 Å². The summed E-state index contributed by atoms with van der Waals surface area (Å²) in [6, 6.07) is 10.2. The molecule has 0 fully saturated rings. The van der Waals surface area contributed by atoms with Gasteiger partial charge >= 0.3 is 0 Å². The zero-order valence-corrected chi connectivity index (χ0v) is 17.4. The number of nitrogens with one attached hydrogen (secondary N) is 1. The molecule has 0 saturated carbocycles. The minimum absolute atomic E-state index is 0.118. The Bertz CT molecular complexity index is 735. The number of hydrogen-bond acceptors (Lipinski definition) is 3. The number of amides is 1. The number of likely N-dealkylation sites (N-methyl/N-ethyl adjacent to an activating group) is 2. The fraction of sp³-hybridized carbons (Fsp3) is 0.476. The second-order valence-corrected chi connectivity index (χ2v) is 6.52. The van der Waals surface area contributed by atoms with Crippen LogP contribution in [0.4, 0.5) is 0 Å². The van der Waals surface area contributed by atoms with Crippen LogP contribution in [0.15, 0.2) is 47.7 Å². The van der Waals surface area contributed by atoms with E-state index in [1.54, 1.807) is 6.20 Å². The second-order valence-electron chi connectivity index (χ2n) is 6.52. The largest absolute Gasteiger partial charge is 0.357 e. The molecular formula is C21H32N6O. The van der Waals surface area contributed by atoms with Crippen molar-refractivity contribution in [2.45, 2.75) is 27.2 Å². The maximum Gasteiger partial charge on any atom is 0.242 e. The molecule has 0 aliphatic rings. The number of carbonyl (C=O) groups is 1. The molecule has 1 aromatic heterocycles. The third-order valence-electron chi connectivity index (χ3n) is 4.55. The number of benzene rings is 1. The van der Waals surface area contributed by atoms with Gasteiger partial charge in [0.25, 0.3) is 0 Å². The zero-order chi connectivity index (χ0) is 20.4. The Labute approximate surface area is 168 Å². The predicted molar refractivity (Wildman–Crippen MR) is 114 cm³/mol. The quantitative estimate of drug-likeness (QED) is 0.532. The van der Waals surface area contributed by atoms with Gasteiger partial charge < -0.3 is 15.1 Å². The van der Waals surface area contributed by atoms with Crippen LogP contribution in [0.2, 0.25) is 0 Å². The standard InChI is InChI=1S/C21H32N6O/c1-5-22-21(25(4)17-20(28)26(6-2)7-3)23-15-13-18-9-11-19(12-10-18)27-16-8-14-24-27/h8-12,14,16H,5-7,13,15,17H2,1-4H3,(H,22,23). The Hall–Kier alpha value is -2.83. The van der Waals surface area contributed by atoms with E-state index in [1.165, 1.54) is 5.56 Å². The summed E-state index contributed by atoms with van der Waals surface area (Å²) in [5.74, 6) is 0.878. The van der Waals surface area contributed by atoms with Crippen LogP contribution in [0.3, 0.4) is 0 Å². The van der Waals surface area contributed by atoms with Crippen molar-refractivity contribution >= 4 is 11.9 Å². The van der Waals surface area contributed by atoms with Crippen molar-refractivity contribution in [3.8, 4) is 5.69 Å². The predicted octanol–water partition coefficient (Wildman–Crippen LogP) is 2.18. The van der Waals surface area contributed by atoms with Crippen molar-refractivity contribution in [2.24, 2.45) is 4.99 Å². The van der Waals surface area contributed by atoms with Crippen LogP contribution in [-0.2, 0) is 11.2 Å². The molecule has 1 N–H and O–H groups in total. The molecule has 0 aliphatic carbocycles. The third kappa shape index (κ3) is 6.11. The van der Waals surface area contributed by atoms with Gasteiger partial charge in [0.1, 0.15) is 0 Å². The summed E-state index contributed by atoms with van der Waals surface area (Å²) in [6.45, 7) is 9.23. The highest BCUT2D eigenvalue weighted by Gasteiger charge is 2.14. The van der Waals surface area contributed by atoms with E-state index in [-0.39, 0.29) is 5.91 Å². The van der Waals surface area contributed by atoms with Crippen LogP contribution < -0.4 is 5.32 Å². The number of rotatable bonds is 9. The van der Waals surface area contributed by atoms with Gasteiger partial charge in [-0.3, -0.25) is 9.79 Å². The molecule has 0 radical (unpaired) electrons. The van der Waals surface area contributed by atoms with Gasteiger partial charge in [0.15, 0.2) is 5.96 Å². The molecule has 0 spiro atoms. The van der Waals surface area contributed by atoms with Gasteiger partial charge in [0.05, 0.1) is 12.2 Å². The molecule has 2 aromatic rings. The SMILES string of the molecule is CCNC(=NCCc1ccc(-n2cccn2)cc1)N(C)CC(=O)N(CC)CC. The number of aromatic nitrogens is 2. The minimum Gasteiger partial charge on any atom is -0.357 e. The Balaban J connectivity index is 1.93. The van der Waals surface area contributed by atoms with Crippen LogP contribution in [0.5, 0.6) is 0 Å². The highest BCUT2D eigenvalue weighted by Crippen LogP contribution is 2.09. The summed E-state index contributed by atoms with van der Waals surface area (Å²) in [4.78, 5) is 20.8. The van der Waals surface area contributed by atoms with Crippen molar-refractivity contribution in [1.82, 2.24) is 24.9 Å².